The van der Waals surface area contributed by atoms with Gasteiger partial charge in [-0.3, -0.25) is 4.99 Å². The maximum absolute atomic E-state index is 12.2. The molecule has 0 fully saturated rings. The van der Waals surface area contributed by atoms with Gasteiger partial charge in [0.05, 0.1) is 7.11 Å². The molecule has 0 spiro atoms. The molecule has 0 aliphatic rings. The van der Waals surface area contributed by atoms with Crippen LogP contribution in [0, 0.1) is 0 Å². The number of carbonyl (C=O) groups is 1. The number of nitrogens with zero attached hydrogens (tertiary/aromatic N) is 1. The van der Waals surface area contributed by atoms with Gasteiger partial charge in [-0.15, -0.1) is 0 Å². The summed E-state index contributed by atoms with van der Waals surface area (Å²) in [6.45, 7) is 5.37. The molecule has 0 aromatic heterocycles. The summed E-state index contributed by atoms with van der Waals surface area (Å²) in [4.78, 5) is 16.8. The van der Waals surface area contributed by atoms with Gasteiger partial charge in [-0.05, 0) is 62.1 Å². The number of hydrogen-bond donors (Lipinski definition) is 0. The van der Waals surface area contributed by atoms with E-state index in [-0.39, 0.29) is 0 Å². The molecule has 0 bridgehead atoms. The van der Waals surface area contributed by atoms with Crippen LogP contribution >= 0.6 is 0 Å². The molecule has 0 atom stereocenters. The minimum atomic E-state index is -0.760. The molecule has 3 rings (SSSR count). The molecule has 0 unspecified atom stereocenters. The van der Waals surface area contributed by atoms with Crippen molar-refractivity contribution in [3.05, 3.63) is 66.2 Å². The number of benzene rings is 3. The minimum Gasteiger partial charge on any atom is -0.497 e. The summed E-state index contributed by atoms with van der Waals surface area (Å²) < 4.78 is 15.9. The van der Waals surface area contributed by atoms with Crippen LogP contribution in [-0.2, 0) is 4.74 Å². The van der Waals surface area contributed by atoms with E-state index < -0.39 is 11.8 Å². The fourth-order valence-corrected chi connectivity index (χ4v) is 2.64. The molecule has 144 valence electrons. The van der Waals surface area contributed by atoms with E-state index in [9.17, 15) is 4.79 Å². The topological polar surface area (TPSA) is 57.1 Å². The summed E-state index contributed by atoms with van der Waals surface area (Å²) in [7, 11) is 1.62. The Hall–Kier alpha value is -3.34. The second-order valence-corrected chi connectivity index (χ2v) is 7.23. The number of carbonyl (C=O) groups excluding carboxylic acids is 1. The summed E-state index contributed by atoms with van der Waals surface area (Å²) in [5.41, 5.74) is 0.831. The first-order chi connectivity index (χ1) is 13.4. The summed E-state index contributed by atoms with van der Waals surface area (Å²) in [5.74, 6) is 1.12. The normalized spacial score (nSPS) is 11.6. The number of aliphatic imine (C=N–C) groups is 1. The molecule has 0 heterocycles. The van der Waals surface area contributed by atoms with E-state index in [0.29, 0.717) is 11.4 Å². The highest BCUT2D eigenvalue weighted by Crippen LogP contribution is 2.36. The van der Waals surface area contributed by atoms with Gasteiger partial charge in [0.2, 0.25) is 0 Å². The van der Waals surface area contributed by atoms with Gasteiger partial charge in [-0.2, -0.15) is 0 Å². The lowest BCUT2D eigenvalue weighted by Gasteiger charge is -2.19. The lowest BCUT2D eigenvalue weighted by molar-refractivity contribution is 0.0207. The highest BCUT2D eigenvalue weighted by molar-refractivity contribution is 5.98. The van der Waals surface area contributed by atoms with Gasteiger partial charge in [0, 0.05) is 11.6 Å². The summed E-state index contributed by atoms with van der Waals surface area (Å²) in [6, 6.07) is 19.0. The van der Waals surface area contributed by atoms with Crippen LogP contribution in [0.4, 0.5) is 10.5 Å². The van der Waals surface area contributed by atoms with Crippen LogP contribution in [-0.4, -0.2) is 25.1 Å². The Balaban J connectivity index is 1.97. The molecule has 0 N–H and O–H groups in total. The van der Waals surface area contributed by atoms with Gasteiger partial charge in [-0.25, -0.2) is 4.79 Å². The van der Waals surface area contributed by atoms with Gasteiger partial charge in [0.15, 0.2) is 5.75 Å². The second kappa shape index (κ2) is 8.13. The van der Waals surface area contributed by atoms with E-state index >= 15 is 0 Å². The van der Waals surface area contributed by atoms with Gasteiger partial charge in [0.25, 0.3) is 0 Å². The SMILES string of the molecule is COc1ccc(C=Nc2c(OC(=O)OC(C)(C)C)ccc3ccccc23)cc1. The number of methoxy groups -OCH3 is 1. The Labute approximate surface area is 164 Å². The zero-order chi connectivity index (χ0) is 20.1. The first-order valence-electron chi connectivity index (χ1n) is 8.96. The van der Waals surface area contributed by atoms with E-state index in [1.165, 1.54) is 0 Å². The molecule has 5 nitrogen and oxygen atoms in total. The summed E-state index contributed by atoms with van der Waals surface area (Å²) in [5, 5.41) is 1.88. The minimum absolute atomic E-state index is 0.345. The molecule has 5 heteroatoms. The van der Waals surface area contributed by atoms with Crippen LogP contribution in [0.5, 0.6) is 11.5 Å². The third-order valence-electron chi connectivity index (χ3n) is 3.90. The molecular weight excluding hydrogens is 354 g/mol. The van der Waals surface area contributed by atoms with E-state index in [4.69, 9.17) is 14.2 Å². The van der Waals surface area contributed by atoms with Gasteiger partial charge < -0.3 is 14.2 Å². The van der Waals surface area contributed by atoms with Crippen molar-refractivity contribution in [1.29, 1.82) is 0 Å². The molecule has 0 radical (unpaired) electrons. The first-order valence-corrected chi connectivity index (χ1v) is 8.96. The van der Waals surface area contributed by atoms with Crippen LogP contribution in [0.25, 0.3) is 10.8 Å². The second-order valence-electron chi connectivity index (χ2n) is 7.23. The third kappa shape index (κ3) is 4.88. The van der Waals surface area contributed by atoms with Crippen LogP contribution < -0.4 is 9.47 Å². The molecule has 0 saturated heterocycles. The van der Waals surface area contributed by atoms with Crippen LogP contribution in [0.1, 0.15) is 26.3 Å². The Morgan fingerprint density at radius 3 is 2.36 bits per heavy atom. The maximum atomic E-state index is 12.2. The fraction of sp³-hybridized carbons (Fsp3) is 0.217. The number of fused-ring (bicyclic) bond motifs is 1. The Kier molecular flexibility index (Phi) is 5.64. The molecule has 28 heavy (non-hydrogen) atoms. The number of ether oxygens (including phenoxy) is 3. The van der Waals surface area contributed by atoms with Crippen LogP contribution in [0.2, 0.25) is 0 Å². The largest absolute Gasteiger partial charge is 0.514 e. The Bertz CT molecular complexity index is 1000. The zero-order valence-electron chi connectivity index (χ0n) is 16.4. The van der Waals surface area contributed by atoms with E-state index in [0.717, 1.165) is 22.1 Å². The Morgan fingerprint density at radius 2 is 1.68 bits per heavy atom. The van der Waals surface area contributed by atoms with Gasteiger partial charge >= 0.3 is 6.16 Å². The van der Waals surface area contributed by atoms with E-state index in [2.05, 4.69) is 4.99 Å². The van der Waals surface area contributed by atoms with Crippen LogP contribution in [0.3, 0.4) is 0 Å². The van der Waals surface area contributed by atoms with Crippen molar-refractivity contribution in [2.75, 3.05) is 7.11 Å². The monoisotopic (exact) mass is 377 g/mol. The maximum Gasteiger partial charge on any atom is 0.514 e. The summed E-state index contributed by atoms with van der Waals surface area (Å²) in [6.07, 6.45) is 0.965. The lowest BCUT2D eigenvalue weighted by Crippen LogP contribution is -2.26. The Morgan fingerprint density at radius 1 is 0.964 bits per heavy atom. The summed E-state index contributed by atoms with van der Waals surface area (Å²) >= 11 is 0. The smallest absolute Gasteiger partial charge is 0.497 e. The standard InChI is InChI=1S/C23H23NO4/c1-23(2,3)28-22(25)27-20-14-11-17-7-5-6-8-19(17)21(20)24-15-16-9-12-18(26-4)13-10-16/h5-15H,1-4H3. The predicted molar refractivity (Wildman–Crippen MR) is 111 cm³/mol. The third-order valence-corrected chi connectivity index (χ3v) is 3.90. The highest BCUT2D eigenvalue weighted by Gasteiger charge is 2.20. The molecular formula is C23H23NO4. The average molecular weight is 377 g/mol. The first kappa shape index (κ1) is 19.4. The molecule has 0 amide bonds. The lowest BCUT2D eigenvalue weighted by atomic mass is 10.1. The quantitative estimate of drug-likeness (QED) is 0.322. The molecule has 3 aromatic carbocycles. The molecule has 0 aliphatic heterocycles. The van der Waals surface area contributed by atoms with Crippen molar-refractivity contribution in [3.8, 4) is 11.5 Å². The van der Waals surface area contributed by atoms with E-state index in [1.807, 2.05) is 54.6 Å². The predicted octanol–water partition coefficient (Wildman–Crippen LogP) is 5.91. The fourth-order valence-electron chi connectivity index (χ4n) is 2.64. The van der Waals surface area contributed by atoms with Gasteiger partial charge in [-0.1, -0.05) is 30.3 Å². The van der Waals surface area contributed by atoms with Crippen molar-refractivity contribution in [2.24, 2.45) is 4.99 Å². The van der Waals surface area contributed by atoms with Crippen molar-refractivity contribution in [2.45, 2.75) is 26.4 Å². The number of rotatable bonds is 4. The molecule has 3 aromatic rings. The molecule has 0 saturated carbocycles. The van der Waals surface area contributed by atoms with Crippen LogP contribution in [0.15, 0.2) is 65.7 Å². The molecule has 0 aliphatic carbocycles. The highest BCUT2D eigenvalue weighted by atomic mass is 16.7. The van der Waals surface area contributed by atoms with Crippen molar-refractivity contribution >= 4 is 28.8 Å². The van der Waals surface area contributed by atoms with Crippen molar-refractivity contribution < 1.29 is 19.0 Å². The van der Waals surface area contributed by atoms with Crippen molar-refractivity contribution in [3.63, 3.8) is 0 Å². The van der Waals surface area contributed by atoms with E-state index in [1.54, 1.807) is 40.2 Å². The zero-order valence-corrected chi connectivity index (χ0v) is 16.4. The van der Waals surface area contributed by atoms with Gasteiger partial charge in [0.1, 0.15) is 17.0 Å². The van der Waals surface area contributed by atoms with Crippen molar-refractivity contribution in [1.82, 2.24) is 0 Å². The number of hydrogen-bond acceptors (Lipinski definition) is 5. The average Bonchev–Trinajstić information content (AvgIpc) is 2.66.